The molecule has 1 saturated carbocycles. The molecule has 0 bridgehead atoms. The first-order valence-electron chi connectivity index (χ1n) is 8.02. The molecule has 2 rings (SSSR count). The maximum Gasteiger partial charge on any atom is 0.490 e. The molecule has 3 unspecified atom stereocenters. The third-order valence-corrected chi connectivity index (χ3v) is 8.63. The van der Waals surface area contributed by atoms with E-state index in [0.717, 1.165) is 4.57 Å². The molecule has 20 heteroatoms. The molecule has 1 fully saturated rings. The first kappa shape index (κ1) is 27.0. The van der Waals surface area contributed by atoms with Crippen molar-refractivity contribution in [3.05, 3.63) is 21.7 Å². The van der Waals surface area contributed by atoms with Gasteiger partial charge in [-0.3, -0.25) is 4.52 Å². The van der Waals surface area contributed by atoms with Crippen LogP contribution in [-0.2, 0) is 26.8 Å². The largest absolute Gasteiger partial charge is 0.490 e. The average Bonchev–Trinajstić information content (AvgIpc) is 2.82. The molecular weight excluding hydrogens is 531 g/mol. The van der Waals surface area contributed by atoms with Crippen LogP contribution in [0.1, 0.15) is 12.5 Å². The Morgan fingerprint density at radius 2 is 1.81 bits per heavy atom. The Bertz CT molecular complexity index is 1080. The molecule has 31 heavy (non-hydrogen) atoms. The van der Waals surface area contributed by atoms with Crippen LogP contribution in [0, 0.1) is 15.3 Å². The van der Waals surface area contributed by atoms with E-state index in [0.29, 0.717) is 0 Å². The third kappa shape index (κ3) is 6.87. The zero-order valence-electron chi connectivity index (χ0n) is 15.1. The summed E-state index contributed by atoms with van der Waals surface area (Å²) in [4.78, 5) is 38.1. The van der Waals surface area contributed by atoms with Crippen LogP contribution in [0.3, 0.4) is 0 Å². The second-order valence-electron chi connectivity index (χ2n) is 6.42. The summed E-state index contributed by atoms with van der Waals surface area (Å²) in [6.45, 7) is -2.62. The molecule has 6 atom stereocenters. The van der Waals surface area contributed by atoms with Gasteiger partial charge in [0.1, 0.15) is 11.3 Å². The highest BCUT2D eigenvalue weighted by atomic mass is 32.1. The number of nitrogens with one attached hydrogen (secondary N) is 1. The first-order valence-corrected chi connectivity index (χ1v) is 13.4. The van der Waals surface area contributed by atoms with Gasteiger partial charge in [-0.2, -0.15) is 8.62 Å². The Morgan fingerprint density at radius 3 is 2.32 bits per heavy atom. The fourth-order valence-electron chi connectivity index (χ4n) is 3.04. The summed E-state index contributed by atoms with van der Waals surface area (Å²) in [5.41, 5.74) is -2.88. The van der Waals surface area contributed by atoms with E-state index >= 15 is 4.39 Å². The van der Waals surface area contributed by atoms with E-state index in [4.69, 9.17) is 39.1 Å². The highest BCUT2D eigenvalue weighted by molar-refractivity contribution is 7.72. The van der Waals surface area contributed by atoms with Gasteiger partial charge in [-0.25, -0.2) is 22.5 Å². The van der Waals surface area contributed by atoms with Gasteiger partial charge in [0.15, 0.2) is 10.4 Å². The predicted octanol–water partition coefficient (Wildman–Crippen LogP) is 2.22. The molecule has 1 aliphatic rings. The molecule has 0 radical (unpaired) electrons. The molecule has 0 amide bonds. The molecule has 1 aromatic rings. The number of aromatic amines is 1. The second-order valence-corrected chi connectivity index (χ2v) is 11.7. The van der Waals surface area contributed by atoms with Gasteiger partial charge >= 0.3 is 23.5 Å². The van der Waals surface area contributed by atoms with Gasteiger partial charge in [0.25, 0.3) is 0 Å². The summed E-state index contributed by atoms with van der Waals surface area (Å²) >= 11 is 9.91. The molecule has 0 aromatic carbocycles. The second kappa shape index (κ2) is 9.55. The zero-order valence-corrected chi connectivity index (χ0v) is 19.4. The van der Waals surface area contributed by atoms with Crippen molar-refractivity contribution in [2.75, 3.05) is 13.3 Å². The minimum atomic E-state index is -5.74. The molecule has 0 aliphatic heterocycles. The number of hydrogen-bond donors (Lipinski definition) is 6. The van der Waals surface area contributed by atoms with E-state index in [1.165, 1.54) is 12.3 Å². The average molecular weight is 548 g/mol. The Labute approximate surface area is 183 Å². The van der Waals surface area contributed by atoms with Crippen LogP contribution in [0.4, 0.5) is 8.78 Å². The molecule has 1 aromatic heterocycles. The quantitative estimate of drug-likeness (QED) is 0.194. The Kier molecular flexibility index (Phi) is 8.31. The third-order valence-electron chi connectivity index (χ3n) is 4.28. The number of phosphoric ester groups is 1. The molecular formula is C11H17F2N2O11P3S2. The van der Waals surface area contributed by atoms with Gasteiger partial charge in [-0.1, -0.05) is 12.2 Å². The lowest BCUT2D eigenvalue weighted by Crippen LogP contribution is -2.44. The van der Waals surface area contributed by atoms with Crippen LogP contribution in [-0.4, -0.2) is 59.3 Å². The highest BCUT2D eigenvalue weighted by Crippen LogP contribution is 2.66. The first-order chi connectivity index (χ1) is 14.0. The maximum absolute atomic E-state index is 15.3. The summed E-state index contributed by atoms with van der Waals surface area (Å²) in [6.07, 6.45) is -1.14. The topological polar surface area (TPSA) is 201 Å². The van der Waals surface area contributed by atoms with Crippen LogP contribution in [0.25, 0.3) is 0 Å². The number of alkyl halides is 2. The Hall–Kier alpha value is -0.250. The summed E-state index contributed by atoms with van der Waals surface area (Å²) in [6, 6.07) is -0.0309. The van der Waals surface area contributed by atoms with Crippen molar-refractivity contribution in [3.8, 4) is 0 Å². The van der Waals surface area contributed by atoms with Crippen molar-refractivity contribution < 1.29 is 60.3 Å². The number of aliphatic hydroxyl groups is 1. The molecule has 6 N–H and O–H groups in total. The number of nitrogens with zero attached hydrogens (tertiary/aromatic N) is 1. The highest BCUT2D eigenvalue weighted by Gasteiger charge is 2.57. The van der Waals surface area contributed by atoms with Crippen LogP contribution >= 0.6 is 47.9 Å². The Balaban J connectivity index is 2.18. The number of aliphatic hydroxyl groups excluding tert-OH is 1. The van der Waals surface area contributed by atoms with Crippen LogP contribution < -0.4 is 0 Å². The maximum atomic E-state index is 15.3. The van der Waals surface area contributed by atoms with Crippen molar-refractivity contribution in [2.24, 2.45) is 5.92 Å². The van der Waals surface area contributed by atoms with Gasteiger partial charge in [0.05, 0.1) is 18.8 Å². The van der Waals surface area contributed by atoms with Crippen LogP contribution in [0.2, 0.25) is 0 Å². The minimum Gasteiger partial charge on any atom is -0.389 e. The summed E-state index contributed by atoms with van der Waals surface area (Å²) < 4.78 is 75.3. The lowest BCUT2D eigenvalue weighted by Gasteiger charge is -2.29. The van der Waals surface area contributed by atoms with Crippen LogP contribution in [0.5, 0.6) is 0 Å². The lowest BCUT2D eigenvalue weighted by atomic mass is 9.97. The number of hydrogen-bond acceptors (Lipinski definition) is 9. The summed E-state index contributed by atoms with van der Waals surface area (Å²) in [7, 11) is -16.8. The number of rotatable bonds is 9. The Morgan fingerprint density at radius 1 is 1.19 bits per heavy atom. The number of phosphoric acid groups is 3. The molecule has 178 valence electrons. The fourth-order valence-corrected chi connectivity index (χ4v) is 6.63. The van der Waals surface area contributed by atoms with E-state index < -0.39 is 60.5 Å². The standard InChI is InChI=1S/C11H17F2N2O11P3S2/c12-5-11(13)7(15-2-1-8(30)14-10(15)31)3-6(9(11)16)4-24-28(20,21)26-29(22,23)25-27(17,18)19/h1-2,6-7,9,16H,3-5H2,(H,20,21)(H,22,23)(H,14,30,31)(H2,17,18,19)/t6-,7-,9+,11?/m1/s1. The number of aromatic nitrogens is 2. The molecule has 0 saturated heterocycles. The van der Waals surface area contributed by atoms with E-state index in [1.807, 2.05) is 0 Å². The molecule has 1 heterocycles. The monoisotopic (exact) mass is 548 g/mol. The zero-order chi connectivity index (χ0) is 23.8. The van der Waals surface area contributed by atoms with Gasteiger partial charge in [-0.05, 0) is 24.7 Å². The van der Waals surface area contributed by atoms with Crippen molar-refractivity contribution in [3.63, 3.8) is 0 Å². The number of halogens is 2. The van der Waals surface area contributed by atoms with E-state index in [9.17, 15) is 28.1 Å². The van der Waals surface area contributed by atoms with E-state index in [1.54, 1.807) is 0 Å². The smallest absolute Gasteiger partial charge is 0.389 e. The SMILES string of the molecule is O=P(O)(O)OP(=O)(O)OP(=O)(O)OC[C@H]1C[C@@H](n2ccc(=S)[nH]c2=S)C(F)(CF)[C@H]1O. The van der Waals surface area contributed by atoms with Crippen molar-refractivity contribution in [1.29, 1.82) is 0 Å². The van der Waals surface area contributed by atoms with Crippen LogP contribution in [0.15, 0.2) is 12.3 Å². The van der Waals surface area contributed by atoms with Gasteiger partial charge < -0.3 is 34.2 Å². The van der Waals surface area contributed by atoms with E-state index in [2.05, 4.69) is 18.1 Å². The van der Waals surface area contributed by atoms with Gasteiger partial charge in [-0.15, -0.1) is 0 Å². The van der Waals surface area contributed by atoms with Crippen molar-refractivity contribution in [2.45, 2.75) is 24.2 Å². The molecule has 1 aliphatic carbocycles. The lowest BCUT2D eigenvalue weighted by molar-refractivity contribution is -0.0455. The van der Waals surface area contributed by atoms with Crippen molar-refractivity contribution >= 4 is 47.9 Å². The van der Waals surface area contributed by atoms with Crippen molar-refractivity contribution in [1.82, 2.24) is 9.55 Å². The normalized spacial score (nSPS) is 30.6. The van der Waals surface area contributed by atoms with Gasteiger partial charge in [0.2, 0.25) is 0 Å². The summed E-state index contributed by atoms with van der Waals surface area (Å²) in [5.74, 6) is -1.32. The minimum absolute atomic E-state index is 0.0753. The van der Waals surface area contributed by atoms with Gasteiger partial charge in [0, 0.05) is 12.1 Å². The predicted molar refractivity (Wildman–Crippen MR) is 103 cm³/mol. The fraction of sp³-hybridized carbons (Fsp3) is 0.636. The van der Waals surface area contributed by atoms with E-state index in [-0.39, 0.29) is 15.8 Å². The number of H-pyrrole nitrogens is 1. The molecule has 0 spiro atoms. The molecule has 13 nitrogen and oxygen atoms in total. The summed E-state index contributed by atoms with van der Waals surface area (Å²) in [5, 5.41) is 10.3.